The Kier molecular flexibility index (Phi) is 7.17. The lowest BCUT2D eigenvalue weighted by molar-refractivity contribution is 0.0759. The van der Waals surface area contributed by atoms with E-state index in [4.69, 9.17) is 17.3 Å². The minimum atomic E-state index is -0.00444. The van der Waals surface area contributed by atoms with E-state index in [1.54, 1.807) is 30.3 Å². The van der Waals surface area contributed by atoms with Crippen molar-refractivity contribution in [2.24, 2.45) is 0 Å². The molecule has 0 aliphatic carbocycles. The maximum absolute atomic E-state index is 12.9. The Hall–Kier alpha value is -2.77. The molecule has 3 N–H and O–H groups in total. The fourth-order valence-corrected chi connectivity index (χ4v) is 4.56. The van der Waals surface area contributed by atoms with Gasteiger partial charge in [-0.3, -0.25) is 9.59 Å². The van der Waals surface area contributed by atoms with Crippen molar-refractivity contribution in [3.05, 3.63) is 58.6 Å². The second kappa shape index (κ2) is 10.2. The molecule has 2 amide bonds. The van der Waals surface area contributed by atoms with Crippen molar-refractivity contribution in [2.45, 2.75) is 12.8 Å². The molecule has 2 aromatic rings. The van der Waals surface area contributed by atoms with Crippen LogP contribution in [0.3, 0.4) is 0 Å². The Bertz CT molecular complexity index is 975. The van der Waals surface area contributed by atoms with Crippen LogP contribution in [-0.2, 0) is 0 Å². The van der Waals surface area contributed by atoms with Gasteiger partial charge in [-0.05, 0) is 55.8 Å². The molecule has 2 saturated heterocycles. The summed E-state index contributed by atoms with van der Waals surface area (Å²) in [5, 5.41) is 3.88. The van der Waals surface area contributed by atoms with Crippen molar-refractivity contribution in [2.75, 3.05) is 63.0 Å². The summed E-state index contributed by atoms with van der Waals surface area (Å²) in [4.78, 5) is 31.7. The first-order valence-corrected chi connectivity index (χ1v) is 11.6. The average molecular weight is 456 g/mol. The molecule has 0 bridgehead atoms. The summed E-state index contributed by atoms with van der Waals surface area (Å²) in [5.74, 6) is 0.0244. The van der Waals surface area contributed by atoms with Gasteiger partial charge in [0, 0.05) is 62.0 Å². The number of anilines is 2. The molecule has 170 valence electrons. The van der Waals surface area contributed by atoms with E-state index >= 15 is 0 Å². The van der Waals surface area contributed by atoms with E-state index in [0.29, 0.717) is 48.0 Å². The fourth-order valence-electron chi connectivity index (χ4n) is 4.37. The molecule has 2 aliphatic heterocycles. The van der Waals surface area contributed by atoms with Crippen LogP contribution < -0.4 is 16.0 Å². The zero-order valence-electron chi connectivity index (χ0n) is 18.2. The number of benzene rings is 2. The van der Waals surface area contributed by atoms with Crippen molar-refractivity contribution in [1.29, 1.82) is 0 Å². The lowest BCUT2D eigenvalue weighted by Crippen LogP contribution is -2.35. The molecule has 0 saturated carbocycles. The monoisotopic (exact) mass is 455 g/mol. The number of nitrogen functional groups attached to an aromatic ring is 1. The van der Waals surface area contributed by atoms with Gasteiger partial charge < -0.3 is 25.8 Å². The van der Waals surface area contributed by atoms with Crippen molar-refractivity contribution in [3.8, 4) is 0 Å². The van der Waals surface area contributed by atoms with Gasteiger partial charge in [0.15, 0.2) is 0 Å². The molecule has 0 atom stereocenters. The highest BCUT2D eigenvalue weighted by atomic mass is 35.5. The molecule has 0 radical (unpaired) electrons. The predicted octanol–water partition coefficient (Wildman–Crippen LogP) is 2.71. The van der Waals surface area contributed by atoms with Crippen LogP contribution in [0.1, 0.15) is 33.6 Å². The molecule has 8 heteroatoms. The Morgan fingerprint density at radius 3 is 2.34 bits per heavy atom. The summed E-state index contributed by atoms with van der Waals surface area (Å²) >= 11 is 6.05. The smallest absolute Gasteiger partial charge is 0.253 e. The summed E-state index contributed by atoms with van der Waals surface area (Å²) in [6.45, 7) is 6.00. The molecule has 0 spiro atoms. The highest BCUT2D eigenvalue weighted by Gasteiger charge is 2.23. The molecule has 32 heavy (non-hydrogen) atoms. The zero-order valence-corrected chi connectivity index (χ0v) is 19.0. The Labute approximate surface area is 194 Å². The van der Waals surface area contributed by atoms with Crippen LogP contribution in [-0.4, -0.2) is 74.0 Å². The minimum Gasteiger partial charge on any atom is -0.397 e. The third-order valence-corrected chi connectivity index (χ3v) is 6.33. The molecule has 2 aromatic carbocycles. The van der Waals surface area contributed by atoms with Gasteiger partial charge in [-0.15, -0.1) is 0 Å². The van der Waals surface area contributed by atoms with Gasteiger partial charge in [0.05, 0.1) is 11.4 Å². The lowest BCUT2D eigenvalue weighted by atomic mass is 10.1. The van der Waals surface area contributed by atoms with Gasteiger partial charge in [-0.25, -0.2) is 0 Å². The van der Waals surface area contributed by atoms with E-state index in [2.05, 4.69) is 10.2 Å². The van der Waals surface area contributed by atoms with Crippen molar-refractivity contribution < 1.29 is 9.59 Å². The number of halogens is 1. The van der Waals surface area contributed by atoms with E-state index in [1.807, 2.05) is 21.9 Å². The van der Waals surface area contributed by atoms with Gasteiger partial charge in [0.1, 0.15) is 0 Å². The number of nitrogens with zero attached hydrogens (tertiary/aromatic N) is 3. The highest BCUT2D eigenvalue weighted by Crippen LogP contribution is 2.27. The second-order valence-corrected chi connectivity index (χ2v) is 8.75. The maximum atomic E-state index is 12.9. The molecule has 0 unspecified atom stereocenters. The van der Waals surface area contributed by atoms with Gasteiger partial charge in [-0.1, -0.05) is 17.7 Å². The number of rotatable bonds is 3. The van der Waals surface area contributed by atoms with E-state index in [9.17, 15) is 9.59 Å². The molecule has 0 aromatic heterocycles. The number of nitrogens with one attached hydrogen (secondary N) is 1. The fraction of sp³-hybridized carbons (Fsp3) is 0.417. The van der Waals surface area contributed by atoms with Gasteiger partial charge in [0.2, 0.25) is 0 Å². The molecule has 7 nitrogen and oxygen atoms in total. The third kappa shape index (κ3) is 5.16. The summed E-state index contributed by atoms with van der Waals surface area (Å²) in [6, 6.07) is 12.7. The normalized spacial score (nSPS) is 17.6. The summed E-state index contributed by atoms with van der Waals surface area (Å²) in [6.07, 6.45) is 1.80. The standard InChI is InChI=1S/C24H30ClN5O2/c25-20-5-1-4-18(16-20)23(31)30-12-3-11-28(14-15-30)22-7-6-19(17-21(22)26)24(32)29-10-2-8-27-9-13-29/h1,4-7,16-17,27H,2-3,8-15,26H2. The predicted molar refractivity (Wildman–Crippen MR) is 128 cm³/mol. The van der Waals surface area contributed by atoms with Crippen LogP contribution >= 0.6 is 11.6 Å². The average Bonchev–Trinajstić information content (AvgIpc) is 3.21. The van der Waals surface area contributed by atoms with Gasteiger partial charge in [-0.2, -0.15) is 0 Å². The Balaban J connectivity index is 1.42. The number of carbonyl (C=O) groups is 2. The van der Waals surface area contributed by atoms with Crippen LogP contribution in [0.25, 0.3) is 0 Å². The van der Waals surface area contributed by atoms with Crippen molar-refractivity contribution in [3.63, 3.8) is 0 Å². The summed E-state index contributed by atoms with van der Waals surface area (Å²) in [5.41, 5.74) is 9.13. The van der Waals surface area contributed by atoms with Crippen LogP contribution in [0.4, 0.5) is 11.4 Å². The number of nitrogens with two attached hydrogens (primary N) is 1. The van der Waals surface area contributed by atoms with Crippen LogP contribution in [0.5, 0.6) is 0 Å². The van der Waals surface area contributed by atoms with E-state index in [1.165, 1.54) is 0 Å². The second-order valence-electron chi connectivity index (χ2n) is 8.31. The third-order valence-electron chi connectivity index (χ3n) is 6.10. The first-order valence-electron chi connectivity index (χ1n) is 11.2. The van der Waals surface area contributed by atoms with Crippen LogP contribution in [0.15, 0.2) is 42.5 Å². The molecule has 2 aliphatic rings. The van der Waals surface area contributed by atoms with E-state index in [-0.39, 0.29) is 11.8 Å². The first-order chi connectivity index (χ1) is 15.5. The zero-order chi connectivity index (χ0) is 22.5. The lowest BCUT2D eigenvalue weighted by Gasteiger charge is -2.26. The van der Waals surface area contributed by atoms with E-state index in [0.717, 1.165) is 44.7 Å². The SMILES string of the molecule is Nc1cc(C(=O)N2CCCNCC2)ccc1N1CCCN(C(=O)c2cccc(Cl)c2)CC1. The maximum Gasteiger partial charge on any atom is 0.253 e. The molecule has 2 heterocycles. The first kappa shape index (κ1) is 22.4. The molecule has 4 rings (SSSR count). The number of hydrogen-bond donors (Lipinski definition) is 2. The van der Waals surface area contributed by atoms with Crippen LogP contribution in [0, 0.1) is 0 Å². The Morgan fingerprint density at radius 1 is 0.812 bits per heavy atom. The number of carbonyl (C=O) groups excluding carboxylic acids is 2. The van der Waals surface area contributed by atoms with E-state index < -0.39 is 0 Å². The Morgan fingerprint density at radius 2 is 1.56 bits per heavy atom. The van der Waals surface area contributed by atoms with Gasteiger partial charge in [0.25, 0.3) is 11.8 Å². The van der Waals surface area contributed by atoms with Gasteiger partial charge >= 0.3 is 0 Å². The molecule has 2 fully saturated rings. The van der Waals surface area contributed by atoms with Crippen LogP contribution in [0.2, 0.25) is 5.02 Å². The van der Waals surface area contributed by atoms with Crippen molar-refractivity contribution >= 4 is 34.8 Å². The topological polar surface area (TPSA) is 81.9 Å². The number of hydrogen-bond acceptors (Lipinski definition) is 5. The molecular weight excluding hydrogens is 426 g/mol. The molecular formula is C24H30ClN5O2. The summed E-state index contributed by atoms with van der Waals surface area (Å²) < 4.78 is 0. The number of amides is 2. The highest BCUT2D eigenvalue weighted by molar-refractivity contribution is 6.30. The van der Waals surface area contributed by atoms with Crippen molar-refractivity contribution in [1.82, 2.24) is 15.1 Å². The minimum absolute atomic E-state index is 0.00444. The quantitative estimate of drug-likeness (QED) is 0.695. The summed E-state index contributed by atoms with van der Waals surface area (Å²) in [7, 11) is 0. The largest absolute Gasteiger partial charge is 0.397 e.